The van der Waals surface area contributed by atoms with Crippen LogP contribution >= 0.6 is 11.3 Å². The normalized spacial score (nSPS) is 17.1. The van der Waals surface area contributed by atoms with Gasteiger partial charge in [-0.05, 0) is 25.9 Å². The summed E-state index contributed by atoms with van der Waals surface area (Å²) in [5, 5.41) is 8.72. The first-order chi connectivity index (χ1) is 10.7. The SMILES string of the molecule is COC1(C(=O)Nc2nc(-c3ccccc3)cs2)CCNCC1. The third-order valence-corrected chi connectivity index (χ3v) is 4.77. The predicted molar refractivity (Wildman–Crippen MR) is 88.0 cm³/mol. The van der Waals surface area contributed by atoms with E-state index in [1.165, 1.54) is 11.3 Å². The Bertz CT molecular complexity index is 636. The van der Waals surface area contributed by atoms with Gasteiger partial charge in [-0.15, -0.1) is 11.3 Å². The van der Waals surface area contributed by atoms with Crippen molar-refractivity contribution in [1.29, 1.82) is 0 Å². The van der Waals surface area contributed by atoms with Crippen molar-refractivity contribution in [3.63, 3.8) is 0 Å². The minimum absolute atomic E-state index is 0.106. The molecule has 1 amide bonds. The fraction of sp³-hybridized carbons (Fsp3) is 0.375. The lowest BCUT2D eigenvalue weighted by Crippen LogP contribution is -2.51. The highest BCUT2D eigenvalue weighted by molar-refractivity contribution is 7.14. The molecule has 0 aliphatic carbocycles. The molecule has 1 fully saturated rings. The monoisotopic (exact) mass is 317 g/mol. The quantitative estimate of drug-likeness (QED) is 0.909. The summed E-state index contributed by atoms with van der Waals surface area (Å²) in [5.74, 6) is -0.106. The van der Waals surface area contributed by atoms with Gasteiger partial charge in [-0.25, -0.2) is 4.98 Å². The highest BCUT2D eigenvalue weighted by Gasteiger charge is 2.40. The number of ether oxygens (including phenoxy) is 1. The van der Waals surface area contributed by atoms with Crippen LogP contribution in [0.15, 0.2) is 35.7 Å². The van der Waals surface area contributed by atoms with Crippen LogP contribution in [-0.4, -0.2) is 36.7 Å². The van der Waals surface area contributed by atoms with Gasteiger partial charge in [0.2, 0.25) is 0 Å². The summed E-state index contributed by atoms with van der Waals surface area (Å²) < 4.78 is 5.53. The topological polar surface area (TPSA) is 63.2 Å². The number of piperidine rings is 1. The number of thiazole rings is 1. The van der Waals surface area contributed by atoms with Gasteiger partial charge in [0.15, 0.2) is 5.13 Å². The number of anilines is 1. The first-order valence-corrected chi connectivity index (χ1v) is 8.20. The van der Waals surface area contributed by atoms with Gasteiger partial charge in [0.25, 0.3) is 5.91 Å². The van der Waals surface area contributed by atoms with Crippen molar-refractivity contribution in [1.82, 2.24) is 10.3 Å². The molecule has 3 rings (SSSR count). The summed E-state index contributed by atoms with van der Waals surface area (Å²) in [6.45, 7) is 1.57. The summed E-state index contributed by atoms with van der Waals surface area (Å²) in [7, 11) is 1.60. The van der Waals surface area contributed by atoms with Crippen molar-refractivity contribution in [2.24, 2.45) is 0 Å². The number of nitrogens with one attached hydrogen (secondary N) is 2. The maximum Gasteiger partial charge on any atom is 0.258 e. The van der Waals surface area contributed by atoms with Crippen molar-refractivity contribution in [2.45, 2.75) is 18.4 Å². The van der Waals surface area contributed by atoms with Crippen molar-refractivity contribution in [3.8, 4) is 11.3 Å². The standard InChI is InChI=1S/C16H19N3O2S/c1-21-16(7-9-17-10-8-16)14(20)19-15-18-13(11-22-15)12-5-3-2-4-6-12/h2-6,11,17H,7-10H2,1H3,(H,18,19,20). The van der Waals surface area contributed by atoms with Crippen LogP contribution in [0.5, 0.6) is 0 Å². The van der Waals surface area contributed by atoms with E-state index < -0.39 is 5.60 Å². The lowest BCUT2D eigenvalue weighted by Gasteiger charge is -2.34. The van der Waals surface area contributed by atoms with Crippen molar-refractivity contribution < 1.29 is 9.53 Å². The molecule has 1 aliphatic heterocycles. The van der Waals surface area contributed by atoms with Gasteiger partial charge < -0.3 is 10.1 Å². The minimum atomic E-state index is -0.746. The maximum atomic E-state index is 12.6. The van der Waals surface area contributed by atoms with Crippen molar-refractivity contribution in [2.75, 3.05) is 25.5 Å². The maximum absolute atomic E-state index is 12.6. The molecule has 0 unspecified atom stereocenters. The van der Waals surface area contributed by atoms with Crippen LogP contribution in [0.3, 0.4) is 0 Å². The number of hydrogen-bond acceptors (Lipinski definition) is 5. The van der Waals surface area contributed by atoms with Crippen LogP contribution in [0.25, 0.3) is 11.3 Å². The molecular weight excluding hydrogens is 298 g/mol. The van der Waals surface area contributed by atoms with Gasteiger partial charge in [-0.3, -0.25) is 10.1 Å². The smallest absolute Gasteiger partial charge is 0.258 e. The van der Waals surface area contributed by atoms with Gasteiger partial charge in [-0.1, -0.05) is 30.3 Å². The molecular formula is C16H19N3O2S. The first-order valence-electron chi connectivity index (χ1n) is 7.32. The predicted octanol–water partition coefficient (Wildman–Crippen LogP) is 2.52. The molecule has 0 radical (unpaired) electrons. The van der Waals surface area contributed by atoms with E-state index in [1.54, 1.807) is 7.11 Å². The van der Waals surface area contributed by atoms with Crippen LogP contribution < -0.4 is 10.6 Å². The van der Waals surface area contributed by atoms with Gasteiger partial charge in [0, 0.05) is 18.1 Å². The summed E-state index contributed by atoms with van der Waals surface area (Å²) in [4.78, 5) is 17.1. The zero-order valence-electron chi connectivity index (χ0n) is 12.5. The molecule has 6 heteroatoms. The molecule has 0 saturated carbocycles. The largest absolute Gasteiger partial charge is 0.368 e. The van der Waals surface area contributed by atoms with E-state index in [0.29, 0.717) is 18.0 Å². The first kappa shape index (κ1) is 15.1. The fourth-order valence-corrected chi connectivity index (χ4v) is 3.35. The Morgan fingerprint density at radius 3 is 2.73 bits per heavy atom. The van der Waals surface area contributed by atoms with Crippen LogP contribution in [0, 0.1) is 0 Å². The molecule has 22 heavy (non-hydrogen) atoms. The third-order valence-electron chi connectivity index (χ3n) is 4.01. The Kier molecular flexibility index (Phi) is 4.52. The van der Waals surface area contributed by atoms with E-state index in [4.69, 9.17) is 4.74 Å². The molecule has 2 N–H and O–H groups in total. The van der Waals surface area contributed by atoms with Crippen LogP contribution in [0.2, 0.25) is 0 Å². The number of carbonyl (C=O) groups excluding carboxylic acids is 1. The van der Waals surface area contributed by atoms with Crippen molar-refractivity contribution >= 4 is 22.4 Å². The number of hydrogen-bond donors (Lipinski definition) is 2. The minimum Gasteiger partial charge on any atom is -0.368 e. The Morgan fingerprint density at radius 1 is 1.32 bits per heavy atom. The number of amides is 1. The number of rotatable bonds is 4. The van der Waals surface area contributed by atoms with Gasteiger partial charge in [-0.2, -0.15) is 0 Å². The zero-order chi connectivity index (χ0) is 15.4. The number of aromatic nitrogens is 1. The number of benzene rings is 1. The lowest BCUT2D eigenvalue weighted by atomic mass is 9.91. The van der Waals surface area contributed by atoms with E-state index in [9.17, 15) is 4.79 Å². The van der Waals surface area contributed by atoms with E-state index in [2.05, 4.69) is 15.6 Å². The number of methoxy groups -OCH3 is 1. The van der Waals surface area contributed by atoms with Crippen LogP contribution in [0.4, 0.5) is 5.13 Å². The van der Waals surface area contributed by atoms with Crippen LogP contribution in [-0.2, 0) is 9.53 Å². The second-order valence-corrected chi connectivity index (χ2v) is 6.16. The Hall–Kier alpha value is -1.76. The molecule has 1 aromatic carbocycles. The molecule has 116 valence electrons. The van der Waals surface area contributed by atoms with Gasteiger partial charge in [0.05, 0.1) is 5.69 Å². The summed E-state index contributed by atoms with van der Waals surface area (Å²) in [6.07, 6.45) is 1.35. The highest BCUT2D eigenvalue weighted by atomic mass is 32.1. The van der Waals surface area contributed by atoms with Crippen LogP contribution in [0.1, 0.15) is 12.8 Å². The summed E-state index contributed by atoms with van der Waals surface area (Å²) in [6, 6.07) is 9.93. The summed E-state index contributed by atoms with van der Waals surface area (Å²) >= 11 is 1.43. The molecule has 1 saturated heterocycles. The average Bonchev–Trinajstić information content (AvgIpc) is 3.05. The third kappa shape index (κ3) is 3.04. The number of nitrogens with zero attached hydrogens (tertiary/aromatic N) is 1. The number of carbonyl (C=O) groups is 1. The molecule has 5 nitrogen and oxygen atoms in total. The summed E-state index contributed by atoms with van der Waals surface area (Å²) in [5.41, 5.74) is 1.17. The molecule has 1 aliphatic rings. The van der Waals surface area contributed by atoms with E-state index in [1.807, 2.05) is 35.7 Å². The fourth-order valence-electron chi connectivity index (χ4n) is 2.64. The van der Waals surface area contributed by atoms with Crippen molar-refractivity contribution in [3.05, 3.63) is 35.7 Å². The van der Waals surface area contributed by atoms with E-state index in [-0.39, 0.29) is 5.91 Å². The Labute approximate surface area is 133 Å². The molecule has 1 aromatic heterocycles. The molecule has 0 bridgehead atoms. The lowest BCUT2D eigenvalue weighted by molar-refractivity contribution is -0.140. The zero-order valence-corrected chi connectivity index (χ0v) is 13.3. The van der Waals surface area contributed by atoms with Gasteiger partial charge in [0.1, 0.15) is 5.60 Å². The molecule has 2 aromatic rings. The van der Waals surface area contributed by atoms with E-state index >= 15 is 0 Å². The average molecular weight is 317 g/mol. The molecule has 0 spiro atoms. The second kappa shape index (κ2) is 6.56. The Morgan fingerprint density at radius 2 is 2.05 bits per heavy atom. The highest BCUT2D eigenvalue weighted by Crippen LogP contribution is 2.28. The molecule has 2 heterocycles. The second-order valence-electron chi connectivity index (χ2n) is 5.31. The van der Waals surface area contributed by atoms with Gasteiger partial charge >= 0.3 is 0 Å². The Balaban J connectivity index is 1.73. The molecule has 0 atom stereocenters. The van der Waals surface area contributed by atoms with E-state index in [0.717, 1.165) is 24.3 Å².